The molecule has 1 aliphatic rings. The third-order valence-electron chi connectivity index (χ3n) is 3.82. The minimum Gasteiger partial charge on any atom is -0.362 e. The highest BCUT2D eigenvalue weighted by Crippen LogP contribution is 2.25. The van der Waals surface area contributed by atoms with Crippen LogP contribution in [0.2, 0.25) is 0 Å². The van der Waals surface area contributed by atoms with Crippen LogP contribution in [-0.4, -0.2) is 45.6 Å². The fraction of sp³-hybridized carbons (Fsp3) is 0.600. The molecule has 22 heavy (non-hydrogen) atoms. The Kier molecular flexibility index (Phi) is 4.33. The minimum atomic E-state index is 0.678. The summed E-state index contributed by atoms with van der Waals surface area (Å²) in [4.78, 5) is 17.6. The molecule has 0 aliphatic carbocycles. The molecule has 0 amide bonds. The molecule has 7 heteroatoms. The van der Waals surface area contributed by atoms with Crippen LogP contribution >= 0.6 is 0 Å². The van der Waals surface area contributed by atoms with Gasteiger partial charge in [-0.1, -0.05) is 12.1 Å². The predicted octanol–water partition coefficient (Wildman–Crippen LogP) is 1.44. The summed E-state index contributed by atoms with van der Waals surface area (Å²) in [6.07, 6.45) is 4.47. The first-order valence-corrected chi connectivity index (χ1v) is 7.71. The lowest BCUT2D eigenvalue weighted by Gasteiger charge is -2.29. The van der Waals surface area contributed by atoms with Crippen molar-refractivity contribution in [2.75, 3.05) is 25.5 Å². The molecule has 118 valence electrons. The van der Waals surface area contributed by atoms with Crippen molar-refractivity contribution < 1.29 is 4.52 Å². The van der Waals surface area contributed by atoms with Crippen LogP contribution in [0.1, 0.15) is 36.3 Å². The SMILES string of the molecule is CCCc1noc(CN2CCc3ncnc(N(C)C)c3C2)n1. The highest BCUT2D eigenvalue weighted by atomic mass is 16.5. The summed E-state index contributed by atoms with van der Waals surface area (Å²) in [5.41, 5.74) is 2.35. The van der Waals surface area contributed by atoms with Crippen LogP contribution in [0.5, 0.6) is 0 Å². The van der Waals surface area contributed by atoms with Crippen molar-refractivity contribution in [2.24, 2.45) is 0 Å². The van der Waals surface area contributed by atoms with Crippen molar-refractivity contribution in [1.82, 2.24) is 25.0 Å². The van der Waals surface area contributed by atoms with Gasteiger partial charge in [0.15, 0.2) is 5.82 Å². The first-order valence-electron chi connectivity index (χ1n) is 7.71. The predicted molar refractivity (Wildman–Crippen MR) is 82.5 cm³/mol. The van der Waals surface area contributed by atoms with Crippen molar-refractivity contribution in [3.63, 3.8) is 0 Å². The Morgan fingerprint density at radius 2 is 2.18 bits per heavy atom. The van der Waals surface area contributed by atoms with Gasteiger partial charge in [-0.15, -0.1) is 0 Å². The monoisotopic (exact) mass is 302 g/mol. The first kappa shape index (κ1) is 14.9. The van der Waals surface area contributed by atoms with E-state index >= 15 is 0 Å². The van der Waals surface area contributed by atoms with Crippen LogP contribution in [0, 0.1) is 0 Å². The second kappa shape index (κ2) is 6.39. The summed E-state index contributed by atoms with van der Waals surface area (Å²) < 4.78 is 5.34. The lowest BCUT2D eigenvalue weighted by molar-refractivity contribution is 0.209. The fourth-order valence-electron chi connectivity index (χ4n) is 2.77. The van der Waals surface area contributed by atoms with Gasteiger partial charge in [-0.25, -0.2) is 9.97 Å². The summed E-state index contributed by atoms with van der Waals surface area (Å²) in [6, 6.07) is 0. The van der Waals surface area contributed by atoms with Crippen molar-refractivity contribution >= 4 is 5.82 Å². The summed E-state index contributed by atoms with van der Waals surface area (Å²) in [5, 5.41) is 4.02. The van der Waals surface area contributed by atoms with Crippen LogP contribution in [-0.2, 0) is 25.9 Å². The molecule has 0 N–H and O–H groups in total. The molecule has 0 fully saturated rings. The molecular formula is C15H22N6O. The standard InChI is InChI=1S/C15H22N6O/c1-4-5-13-18-14(22-19-13)9-21-7-6-12-11(8-21)15(20(2)3)17-10-16-12/h10H,4-9H2,1-3H3. The fourth-order valence-corrected chi connectivity index (χ4v) is 2.77. The number of aromatic nitrogens is 4. The van der Waals surface area contributed by atoms with E-state index in [2.05, 4.69) is 31.9 Å². The molecule has 0 atom stereocenters. The molecule has 0 radical (unpaired) electrons. The molecule has 0 unspecified atom stereocenters. The zero-order valence-electron chi connectivity index (χ0n) is 13.4. The van der Waals surface area contributed by atoms with Crippen molar-refractivity contribution in [2.45, 2.75) is 39.3 Å². The van der Waals surface area contributed by atoms with E-state index in [9.17, 15) is 0 Å². The van der Waals surface area contributed by atoms with Gasteiger partial charge in [0.2, 0.25) is 5.89 Å². The van der Waals surface area contributed by atoms with E-state index in [1.165, 1.54) is 5.56 Å². The zero-order valence-corrected chi connectivity index (χ0v) is 13.4. The van der Waals surface area contributed by atoms with E-state index in [4.69, 9.17) is 4.52 Å². The maximum atomic E-state index is 5.34. The third kappa shape index (κ3) is 3.09. The van der Waals surface area contributed by atoms with E-state index in [0.717, 1.165) is 49.7 Å². The highest BCUT2D eigenvalue weighted by Gasteiger charge is 2.23. The van der Waals surface area contributed by atoms with Gasteiger partial charge in [-0.05, 0) is 6.42 Å². The van der Waals surface area contributed by atoms with Crippen molar-refractivity contribution in [3.05, 3.63) is 29.3 Å². The summed E-state index contributed by atoms with van der Waals surface area (Å²) in [5.74, 6) is 2.48. The van der Waals surface area contributed by atoms with Gasteiger partial charge in [0, 0.05) is 45.6 Å². The molecule has 0 spiro atoms. The second-order valence-electron chi connectivity index (χ2n) is 5.83. The molecule has 7 nitrogen and oxygen atoms in total. The van der Waals surface area contributed by atoms with Gasteiger partial charge in [0.1, 0.15) is 12.1 Å². The van der Waals surface area contributed by atoms with Gasteiger partial charge in [-0.2, -0.15) is 4.98 Å². The molecule has 0 saturated carbocycles. The number of fused-ring (bicyclic) bond motifs is 1. The maximum Gasteiger partial charge on any atom is 0.240 e. The number of nitrogens with zero attached hydrogens (tertiary/aromatic N) is 6. The molecule has 3 heterocycles. The molecule has 0 bridgehead atoms. The average Bonchev–Trinajstić information content (AvgIpc) is 2.94. The van der Waals surface area contributed by atoms with Crippen molar-refractivity contribution in [1.29, 1.82) is 0 Å². The summed E-state index contributed by atoms with van der Waals surface area (Å²) in [7, 11) is 4.02. The van der Waals surface area contributed by atoms with Crippen LogP contribution in [0.4, 0.5) is 5.82 Å². The Labute approximate surface area is 130 Å². The van der Waals surface area contributed by atoms with E-state index in [-0.39, 0.29) is 0 Å². The number of hydrogen-bond donors (Lipinski definition) is 0. The normalized spacial score (nSPS) is 14.9. The molecule has 2 aromatic rings. The Morgan fingerprint density at radius 1 is 1.32 bits per heavy atom. The van der Waals surface area contributed by atoms with E-state index in [0.29, 0.717) is 12.4 Å². The summed E-state index contributed by atoms with van der Waals surface area (Å²) >= 11 is 0. The van der Waals surface area contributed by atoms with Crippen LogP contribution in [0.15, 0.2) is 10.9 Å². The third-order valence-corrected chi connectivity index (χ3v) is 3.82. The number of rotatable bonds is 5. The maximum absolute atomic E-state index is 5.34. The van der Waals surface area contributed by atoms with Gasteiger partial charge >= 0.3 is 0 Å². The van der Waals surface area contributed by atoms with Crippen LogP contribution in [0.3, 0.4) is 0 Å². The van der Waals surface area contributed by atoms with Crippen LogP contribution < -0.4 is 4.90 Å². The Balaban J connectivity index is 1.73. The Bertz CT molecular complexity index is 639. The molecule has 0 saturated heterocycles. The zero-order chi connectivity index (χ0) is 15.5. The average molecular weight is 302 g/mol. The molecule has 0 aromatic carbocycles. The largest absolute Gasteiger partial charge is 0.362 e. The Morgan fingerprint density at radius 3 is 2.95 bits per heavy atom. The lowest BCUT2D eigenvalue weighted by atomic mass is 10.1. The molecule has 2 aromatic heterocycles. The minimum absolute atomic E-state index is 0.678. The molecular weight excluding hydrogens is 280 g/mol. The van der Waals surface area contributed by atoms with Crippen LogP contribution in [0.25, 0.3) is 0 Å². The first-order chi connectivity index (χ1) is 10.7. The topological polar surface area (TPSA) is 71.2 Å². The summed E-state index contributed by atoms with van der Waals surface area (Å²) in [6.45, 7) is 4.55. The number of aryl methyl sites for hydroxylation is 1. The Hall–Kier alpha value is -2.02. The molecule has 1 aliphatic heterocycles. The smallest absolute Gasteiger partial charge is 0.240 e. The van der Waals surface area contributed by atoms with Gasteiger partial charge in [0.25, 0.3) is 0 Å². The second-order valence-corrected chi connectivity index (χ2v) is 5.83. The molecule has 3 rings (SSSR count). The van der Waals surface area contributed by atoms with E-state index in [1.807, 2.05) is 19.0 Å². The van der Waals surface area contributed by atoms with Gasteiger partial charge in [-0.3, -0.25) is 4.90 Å². The van der Waals surface area contributed by atoms with Gasteiger partial charge < -0.3 is 9.42 Å². The highest BCUT2D eigenvalue weighted by molar-refractivity contribution is 5.48. The van der Waals surface area contributed by atoms with E-state index < -0.39 is 0 Å². The van der Waals surface area contributed by atoms with Crippen molar-refractivity contribution in [3.8, 4) is 0 Å². The van der Waals surface area contributed by atoms with E-state index in [1.54, 1.807) is 6.33 Å². The van der Waals surface area contributed by atoms with Gasteiger partial charge in [0.05, 0.1) is 12.2 Å². The quantitative estimate of drug-likeness (QED) is 0.827. The number of hydrogen-bond acceptors (Lipinski definition) is 7. The lowest BCUT2D eigenvalue weighted by Crippen LogP contribution is -2.32. The number of anilines is 1.